The molecule has 1 saturated heterocycles. The van der Waals surface area contributed by atoms with Gasteiger partial charge in [-0.25, -0.2) is 8.78 Å². The van der Waals surface area contributed by atoms with E-state index in [-0.39, 0.29) is 95.2 Å². The van der Waals surface area contributed by atoms with E-state index in [2.05, 4.69) is 68.1 Å². The number of halogens is 2. The zero-order valence-corrected chi connectivity index (χ0v) is 56.7. The van der Waals surface area contributed by atoms with Crippen LogP contribution >= 0.6 is 0 Å². The predicted molar refractivity (Wildman–Crippen MR) is 362 cm³/mol. The van der Waals surface area contributed by atoms with Gasteiger partial charge in [-0.3, -0.25) is 28.8 Å². The van der Waals surface area contributed by atoms with E-state index in [1.54, 1.807) is 38.1 Å². The van der Waals surface area contributed by atoms with E-state index in [0.717, 1.165) is 120 Å². The van der Waals surface area contributed by atoms with Crippen LogP contribution in [0.5, 0.6) is 0 Å². The van der Waals surface area contributed by atoms with Crippen molar-refractivity contribution in [2.24, 2.45) is 118 Å². The summed E-state index contributed by atoms with van der Waals surface area (Å²) in [4.78, 5) is 74.1. The van der Waals surface area contributed by atoms with Crippen molar-refractivity contribution in [2.45, 2.75) is 178 Å². The second-order valence-corrected chi connectivity index (χ2v) is 33.5. The van der Waals surface area contributed by atoms with Crippen molar-refractivity contribution in [2.75, 3.05) is 13.1 Å². The Morgan fingerprint density at radius 3 is 1.16 bits per heavy atom. The van der Waals surface area contributed by atoms with E-state index in [9.17, 15) is 58.0 Å². The highest BCUT2D eigenvalue weighted by molar-refractivity contribution is 5.81. The summed E-state index contributed by atoms with van der Waals surface area (Å²) in [6, 6.07) is 34.5. The average molecular weight is 1320 g/mol. The van der Waals surface area contributed by atoms with Gasteiger partial charge in [-0.1, -0.05) is 96.6 Å². The number of carboxylic acid groups (broad SMARTS) is 3. The van der Waals surface area contributed by atoms with Gasteiger partial charge >= 0.3 is 17.9 Å². The van der Waals surface area contributed by atoms with Crippen LogP contribution in [0.15, 0.2) is 115 Å². The van der Waals surface area contributed by atoms with Crippen LogP contribution in [-0.4, -0.2) is 79.9 Å². The third-order valence-corrected chi connectivity index (χ3v) is 29.3. The molecule has 514 valence electrons. The number of ketones is 2. The maximum Gasteiger partial charge on any atom is 0.304 e. The molecular weight excluding hydrogens is 1220 g/mol. The molecule has 0 atom stereocenters. The van der Waals surface area contributed by atoms with Crippen LogP contribution in [0.4, 0.5) is 8.78 Å². The fourth-order valence-corrected chi connectivity index (χ4v) is 25.7. The van der Waals surface area contributed by atoms with E-state index in [1.807, 2.05) is 11.0 Å². The van der Waals surface area contributed by atoms with Gasteiger partial charge in [0.25, 0.3) is 0 Å². The number of aliphatic hydroxyl groups is 1. The number of carboxylic acids is 3. The highest BCUT2D eigenvalue weighted by Gasteiger charge is 2.65. The Labute approximate surface area is 570 Å². The second kappa shape index (κ2) is 26.0. The maximum absolute atomic E-state index is 13.4. The smallest absolute Gasteiger partial charge is 0.304 e. The minimum atomic E-state index is -0.782. The Kier molecular flexibility index (Phi) is 18.1. The topological polar surface area (TPSA) is 210 Å². The highest BCUT2D eigenvalue weighted by atomic mass is 19.1. The van der Waals surface area contributed by atoms with Crippen molar-refractivity contribution in [3.8, 4) is 6.07 Å². The van der Waals surface area contributed by atoms with Crippen molar-refractivity contribution in [3.63, 3.8) is 0 Å². The number of aliphatic carboxylic acids is 3. The highest BCUT2D eigenvalue weighted by Crippen LogP contribution is 2.70. The Balaban J connectivity index is 0.000000111. The van der Waals surface area contributed by atoms with Gasteiger partial charge in [0.05, 0.1) is 37.4 Å². The lowest BCUT2D eigenvalue weighted by atomic mass is 9.40. The number of carbonyl (C=O) groups excluding carboxylic acids is 3. The molecule has 4 aromatic carbocycles. The number of rotatable bonds is 15. The molecule has 16 saturated carbocycles. The van der Waals surface area contributed by atoms with Crippen molar-refractivity contribution in [3.05, 3.63) is 155 Å². The number of amides is 1. The number of hydrogen-bond acceptors (Lipinski definition) is 8. The quantitative estimate of drug-likeness (QED) is 0.0823. The molecule has 4 N–H and O–H groups in total. The first-order valence-corrected chi connectivity index (χ1v) is 36.8. The Bertz CT molecular complexity index is 3480. The predicted octanol–water partition coefficient (Wildman–Crippen LogP) is 15.0. The molecule has 1 heterocycles. The number of likely N-dealkylation sites (tertiary alicyclic amines) is 1. The second-order valence-electron chi connectivity index (χ2n) is 33.5. The number of aryl methyl sites for hydroxylation is 1. The third kappa shape index (κ3) is 11.7. The molecule has 17 fully saturated rings. The lowest BCUT2D eigenvalue weighted by molar-refractivity contribution is -0.177. The molecule has 1 aliphatic heterocycles. The lowest BCUT2D eigenvalue weighted by Crippen LogP contribution is -2.60. The van der Waals surface area contributed by atoms with Gasteiger partial charge in [-0.2, -0.15) is 5.26 Å². The summed E-state index contributed by atoms with van der Waals surface area (Å²) in [5.41, 5.74) is 6.36. The Morgan fingerprint density at radius 1 is 0.485 bits per heavy atom. The molecule has 0 aromatic heterocycles. The first-order chi connectivity index (χ1) is 46.4. The summed E-state index contributed by atoms with van der Waals surface area (Å²) in [7, 11) is 0. The summed E-state index contributed by atoms with van der Waals surface area (Å²) in [6.45, 7) is 11.1. The number of carbonyl (C=O) groups is 6. The Hall–Kier alpha value is -6.85. The molecule has 12 nitrogen and oxygen atoms in total. The molecule has 17 aliphatic rings. The largest absolute Gasteiger partial charge is 0.481 e. The lowest BCUT2D eigenvalue weighted by Gasteiger charge is -2.63. The average Bonchev–Trinajstić information content (AvgIpc) is 0.733. The fourth-order valence-electron chi connectivity index (χ4n) is 25.7. The first-order valence-electron chi connectivity index (χ1n) is 36.8. The molecule has 1 amide bonds. The molecule has 16 bridgehead atoms. The molecular formula is C83H98F2N2O10. The fraction of sp³-hybridized carbons (Fsp3) is 0.602. The summed E-state index contributed by atoms with van der Waals surface area (Å²) >= 11 is 0. The van der Waals surface area contributed by atoms with Gasteiger partial charge in [-0.05, 0) is 277 Å². The summed E-state index contributed by atoms with van der Waals surface area (Å²) in [5, 5.41) is 48.4. The number of nitriles is 1. The van der Waals surface area contributed by atoms with Crippen LogP contribution in [0.2, 0.25) is 0 Å². The van der Waals surface area contributed by atoms with Gasteiger partial charge in [-0.15, -0.1) is 0 Å². The molecule has 4 aromatic rings. The van der Waals surface area contributed by atoms with Crippen molar-refractivity contribution >= 4 is 35.4 Å². The summed E-state index contributed by atoms with van der Waals surface area (Å²) in [6.07, 6.45) is 18.3. The van der Waals surface area contributed by atoms with E-state index in [0.29, 0.717) is 102 Å². The molecule has 0 unspecified atom stereocenters. The van der Waals surface area contributed by atoms with Crippen LogP contribution in [0.25, 0.3) is 0 Å². The van der Waals surface area contributed by atoms with Crippen LogP contribution in [0.1, 0.15) is 170 Å². The van der Waals surface area contributed by atoms with Crippen LogP contribution in [-0.2, 0) is 51.4 Å². The zero-order chi connectivity index (χ0) is 68.2. The van der Waals surface area contributed by atoms with Gasteiger partial charge < -0.3 is 25.3 Å². The van der Waals surface area contributed by atoms with Gasteiger partial charge in [0.1, 0.15) is 23.2 Å². The normalized spacial score (nSPS) is 39.7. The molecule has 14 heteroatoms. The Morgan fingerprint density at radius 2 is 0.825 bits per heavy atom. The standard InChI is InChI=1S/C24H30N2O2.2C20H23FO3.C19H22O2/c1-15-2-4-16(5-3-15)10-24(11-22(27)26-13-17(12-25)14-26)20-6-18-7-21(24)9-19(8-20)23(18)28;2*1-11(22)19-12-6-15-8-13(19)9-16(7-12)20(15,10-18(23)24)14-2-4-17(21)5-3-14;1-12-13-7-16-9-14(12)10-17(8-13)19(16,11-18(20)21)15-5-3-2-4-6-15/h2-5,17-21,23,28H,6-11,13-14H2,1H3;2*2-5,12-13,15-16,19H,6-10H2,1H3,(H,23,24);2-6,13-14,16-17H,1,7-11H2,(H,20,21). The molecule has 16 aliphatic carbocycles. The van der Waals surface area contributed by atoms with Gasteiger partial charge in [0.2, 0.25) is 5.91 Å². The van der Waals surface area contributed by atoms with Crippen molar-refractivity contribution < 1.29 is 58.0 Å². The number of allylic oxidation sites excluding steroid dienone is 1. The SMILES string of the molecule is C=C1C2CC3CC1CC(C2)C3(CC(=O)O)c1ccccc1.CC(=O)C1C2CC3CC1CC(C2)C3(CC(=O)O)c1ccc(F)cc1.CC(=O)C1C2CC3CC1CC(C2)C3(CC(=O)O)c1ccc(F)cc1.Cc1ccc(CC2(CC(=O)N3CC(C#N)C3)C3CC4CC2CC(C3)C4O)cc1. The van der Waals surface area contributed by atoms with Crippen molar-refractivity contribution in [1.29, 1.82) is 5.26 Å². The van der Waals surface area contributed by atoms with Crippen LogP contribution in [0, 0.1) is 148 Å². The minimum absolute atomic E-state index is 0.0191. The summed E-state index contributed by atoms with van der Waals surface area (Å²) < 4.78 is 26.8. The summed E-state index contributed by atoms with van der Waals surface area (Å²) in [5.74, 6) is 5.51. The molecule has 0 radical (unpaired) electrons. The number of nitrogens with zero attached hydrogens (tertiary/aromatic N) is 2. The van der Waals surface area contributed by atoms with Crippen LogP contribution in [0.3, 0.4) is 0 Å². The van der Waals surface area contributed by atoms with E-state index >= 15 is 0 Å². The van der Waals surface area contributed by atoms with Crippen LogP contribution < -0.4 is 0 Å². The van der Waals surface area contributed by atoms with Gasteiger partial charge in [0, 0.05) is 47.6 Å². The van der Waals surface area contributed by atoms with E-state index in [4.69, 9.17) is 5.26 Å². The minimum Gasteiger partial charge on any atom is -0.481 e. The van der Waals surface area contributed by atoms with Crippen molar-refractivity contribution in [1.82, 2.24) is 4.90 Å². The number of aliphatic hydroxyl groups excluding tert-OH is 1. The number of Topliss-reactive ketones (excluding diaryl/α,β-unsaturated/α-hetero) is 2. The first kappa shape index (κ1) is 67.3. The monoisotopic (exact) mass is 1320 g/mol. The van der Waals surface area contributed by atoms with Gasteiger partial charge in [0.15, 0.2) is 0 Å². The third-order valence-electron chi connectivity index (χ3n) is 29.3. The number of benzene rings is 4. The number of hydrogen-bond donors (Lipinski definition) is 4. The maximum atomic E-state index is 13.4. The van der Waals surface area contributed by atoms with E-state index < -0.39 is 28.7 Å². The molecule has 0 spiro atoms. The van der Waals surface area contributed by atoms with E-state index in [1.165, 1.54) is 46.5 Å². The molecule has 97 heavy (non-hydrogen) atoms. The zero-order valence-electron chi connectivity index (χ0n) is 56.7. The molecule has 21 rings (SSSR count).